The van der Waals surface area contributed by atoms with Gasteiger partial charge in [0, 0.05) is 10.9 Å². The zero-order valence-electron chi connectivity index (χ0n) is 11.5. The highest BCUT2D eigenvalue weighted by atomic mass is 35.5. The lowest BCUT2D eigenvalue weighted by molar-refractivity contribution is 0.611. The largest absolute Gasteiger partial charge is 0.207 e. The summed E-state index contributed by atoms with van der Waals surface area (Å²) < 4.78 is 13.5. The first kappa shape index (κ1) is 15.3. The van der Waals surface area contributed by atoms with Crippen LogP contribution >= 0.6 is 23.2 Å². The third-order valence-electron chi connectivity index (χ3n) is 3.60. The fourth-order valence-electron chi connectivity index (χ4n) is 2.42. The van der Waals surface area contributed by atoms with Gasteiger partial charge in [0.2, 0.25) is 0 Å². The lowest BCUT2D eigenvalue weighted by Gasteiger charge is -2.23. The van der Waals surface area contributed by atoms with E-state index in [4.69, 9.17) is 23.2 Å². The molecule has 0 radical (unpaired) electrons. The third-order valence-corrected chi connectivity index (χ3v) is 4.46. The van der Waals surface area contributed by atoms with Gasteiger partial charge >= 0.3 is 0 Å². The Labute approximate surface area is 129 Å². The Hall–Kier alpha value is -1.05. The minimum Gasteiger partial charge on any atom is -0.207 e. The van der Waals surface area contributed by atoms with Gasteiger partial charge in [0.15, 0.2) is 0 Å². The van der Waals surface area contributed by atoms with Gasteiger partial charge in [-0.15, -0.1) is 11.6 Å². The molecule has 106 valence electrons. The minimum atomic E-state index is -0.296. The normalized spacial score (nSPS) is 14.1. The van der Waals surface area contributed by atoms with Crippen molar-refractivity contribution in [1.29, 1.82) is 0 Å². The van der Waals surface area contributed by atoms with Crippen molar-refractivity contribution in [1.82, 2.24) is 0 Å². The smallest absolute Gasteiger partial charge is 0.127 e. The first-order valence-corrected chi connectivity index (χ1v) is 7.50. The summed E-state index contributed by atoms with van der Waals surface area (Å²) in [5.74, 6) is -0.143. The fraction of sp³-hybridized carbons (Fsp3) is 0.294. The summed E-state index contributed by atoms with van der Waals surface area (Å²) in [4.78, 5) is 0. The summed E-state index contributed by atoms with van der Waals surface area (Å²) >= 11 is 12.8. The topological polar surface area (TPSA) is 0 Å². The lowest BCUT2D eigenvalue weighted by atomic mass is 9.89. The van der Waals surface area contributed by atoms with Crippen molar-refractivity contribution in [2.45, 2.75) is 31.6 Å². The van der Waals surface area contributed by atoms with Crippen LogP contribution in [0.5, 0.6) is 0 Å². The highest BCUT2D eigenvalue weighted by Gasteiger charge is 2.24. The summed E-state index contributed by atoms with van der Waals surface area (Å²) in [6.45, 7) is 3.82. The standard InChI is InChI=1S/C17H17Cl2F/c1-3-13(12-7-5-4-6-8-12)17(19)14-9-11(2)16(20)10-15(14)18/h4-10,13,17H,3H2,1-2H3. The van der Waals surface area contributed by atoms with Crippen molar-refractivity contribution in [3.8, 4) is 0 Å². The molecule has 0 fully saturated rings. The molecule has 0 N–H and O–H groups in total. The average Bonchev–Trinajstić information content (AvgIpc) is 2.44. The summed E-state index contributed by atoms with van der Waals surface area (Å²) in [6.07, 6.45) is 0.894. The summed E-state index contributed by atoms with van der Waals surface area (Å²) in [6, 6.07) is 13.2. The number of hydrogen-bond acceptors (Lipinski definition) is 0. The predicted molar refractivity (Wildman–Crippen MR) is 84.2 cm³/mol. The maximum atomic E-state index is 13.5. The second kappa shape index (κ2) is 6.60. The van der Waals surface area contributed by atoms with Gasteiger partial charge in [-0.2, -0.15) is 0 Å². The molecule has 2 unspecified atom stereocenters. The summed E-state index contributed by atoms with van der Waals surface area (Å²) in [5.41, 5.74) is 2.54. The molecule has 2 aromatic carbocycles. The molecule has 0 aliphatic heterocycles. The molecule has 0 aromatic heterocycles. The second-order valence-electron chi connectivity index (χ2n) is 4.95. The average molecular weight is 311 g/mol. The molecule has 0 nitrogen and oxygen atoms in total. The van der Waals surface area contributed by atoms with E-state index in [1.54, 1.807) is 13.0 Å². The van der Waals surface area contributed by atoms with Crippen LogP contribution in [0.15, 0.2) is 42.5 Å². The molecule has 0 spiro atoms. The number of alkyl halides is 1. The van der Waals surface area contributed by atoms with E-state index in [1.807, 2.05) is 18.2 Å². The van der Waals surface area contributed by atoms with Gasteiger partial charge < -0.3 is 0 Å². The second-order valence-corrected chi connectivity index (χ2v) is 5.83. The molecular formula is C17H17Cl2F. The van der Waals surface area contributed by atoms with Gasteiger partial charge in [-0.1, -0.05) is 54.9 Å². The first-order valence-electron chi connectivity index (χ1n) is 6.69. The maximum Gasteiger partial charge on any atom is 0.127 e. The van der Waals surface area contributed by atoms with E-state index in [0.717, 1.165) is 12.0 Å². The molecule has 2 rings (SSSR count). The van der Waals surface area contributed by atoms with E-state index in [2.05, 4.69) is 19.1 Å². The van der Waals surface area contributed by atoms with E-state index in [9.17, 15) is 4.39 Å². The number of benzene rings is 2. The zero-order valence-corrected chi connectivity index (χ0v) is 13.0. The maximum absolute atomic E-state index is 13.5. The molecule has 0 heterocycles. The number of hydrogen-bond donors (Lipinski definition) is 0. The molecule has 0 amide bonds. The van der Waals surface area contributed by atoms with Crippen LogP contribution in [0.3, 0.4) is 0 Å². The Kier molecular flexibility index (Phi) is 5.06. The van der Waals surface area contributed by atoms with Gasteiger partial charge in [0.1, 0.15) is 5.82 Å². The van der Waals surface area contributed by atoms with Gasteiger partial charge in [-0.25, -0.2) is 4.39 Å². The number of rotatable bonds is 4. The summed E-state index contributed by atoms with van der Waals surface area (Å²) in [5, 5.41) is 0.122. The van der Waals surface area contributed by atoms with E-state index in [1.165, 1.54) is 11.6 Å². The van der Waals surface area contributed by atoms with Gasteiger partial charge in [0.25, 0.3) is 0 Å². The molecule has 0 saturated carbocycles. The third kappa shape index (κ3) is 3.16. The van der Waals surface area contributed by atoms with Crippen molar-refractivity contribution in [2.24, 2.45) is 0 Å². The van der Waals surface area contributed by atoms with E-state index in [0.29, 0.717) is 10.6 Å². The molecular weight excluding hydrogens is 294 g/mol. The van der Waals surface area contributed by atoms with Crippen LogP contribution in [-0.2, 0) is 0 Å². The molecule has 20 heavy (non-hydrogen) atoms. The Morgan fingerprint density at radius 1 is 1.15 bits per heavy atom. The Balaban J connectivity index is 2.39. The molecule has 3 heteroatoms. The van der Waals surface area contributed by atoms with Crippen molar-refractivity contribution in [3.63, 3.8) is 0 Å². The predicted octanol–water partition coefficient (Wildman–Crippen LogP) is 6.26. The van der Waals surface area contributed by atoms with Crippen LogP contribution in [0.1, 0.15) is 41.3 Å². The number of aryl methyl sites for hydroxylation is 1. The van der Waals surface area contributed by atoms with Crippen LogP contribution in [0, 0.1) is 12.7 Å². The van der Waals surface area contributed by atoms with Crippen molar-refractivity contribution in [3.05, 3.63) is 70.0 Å². The van der Waals surface area contributed by atoms with E-state index >= 15 is 0 Å². The molecule has 2 atom stereocenters. The van der Waals surface area contributed by atoms with Crippen molar-refractivity contribution < 1.29 is 4.39 Å². The van der Waals surface area contributed by atoms with Crippen LogP contribution in [0.2, 0.25) is 5.02 Å². The monoisotopic (exact) mass is 310 g/mol. The SMILES string of the molecule is CCC(c1ccccc1)C(Cl)c1cc(C)c(F)cc1Cl. The van der Waals surface area contributed by atoms with E-state index in [-0.39, 0.29) is 17.1 Å². The van der Waals surface area contributed by atoms with Gasteiger partial charge in [0.05, 0.1) is 5.38 Å². The quantitative estimate of drug-likeness (QED) is 0.584. The van der Waals surface area contributed by atoms with Crippen molar-refractivity contribution in [2.75, 3.05) is 0 Å². The minimum absolute atomic E-state index is 0.153. The Morgan fingerprint density at radius 3 is 2.40 bits per heavy atom. The first-order chi connectivity index (χ1) is 9.54. The van der Waals surface area contributed by atoms with Crippen LogP contribution < -0.4 is 0 Å². The Morgan fingerprint density at radius 2 is 1.80 bits per heavy atom. The molecule has 0 bridgehead atoms. The lowest BCUT2D eigenvalue weighted by Crippen LogP contribution is -2.07. The Bertz CT molecular complexity index is 581. The van der Waals surface area contributed by atoms with Gasteiger partial charge in [-0.3, -0.25) is 0 Å². The fourth-order valence-corrected chi connectivity index (χ4v) is 3.25. The molecule has 0 aliphatic rings. The van der Waals surface area contributed by atoms with Gasteiger partial charge in [-0.05, 0) is 36.1 Å². The molecule has 0 saturated heterocycles. The van der Waals surface area contributed by atoms with Crippen LogP contribution in [0.25, 0.3) is 0 Å². The molecule has 2 aromatic rings. The summed E-state index contributed by atoms with van der Waals surface area (Å²) in [7, 11) is 0. The number of halogens is 3. The zero-order chi connectivity index (χ0) is 14.7. The van der Waals surface area contributed by atoms with E-state index < -0.39 is 0 Å². The van der Waals surface area contributed by atoms with Crippen molar-refractivity contribution >= 4 is 23.2 Å². The van der Waals surface area contributed by atoms with Crippen LogP contribution in [0.4, 0.5) is 4.39 Å². The highest BCUT2D eigenvalue weighted by molar-refractivity contribution is 6.32. The highest BCUT2D eigenvalue weighted by Crippen LogP contribution is 2.41. The van der Waals surface area contributed by atoms with Crippen LogP contribution in [-0.4, -0.2) is 0 Å². The molecule has 0 aliphatic carbocycles.